The van der Waals surface area contributed by atoms with Gasteiger partial charge in [0.1, 0.15) is 0 Å². The molecule has 0 aliphatic carbocycles. The fourth-order valence-corrected chi connectivity index (χ4v) is 2.46. The minimum atomic E-state index is -0.940. The SMILES string of the molecule is CC1NC(=O)C(OC(N)=O)CC1c1ccc(Cl)cc1. The highest BCUT2D eigenvalue weighted by atomic mass is 35.5. The van der Waals surface area contributed by atoms with Crippen LogP contribution in [0.15, 0.2) is 24.3 Å². The van der Waals surface area contributed by atoms with Crippen molar-refractivity contribution in [3.63, 3.8) is 0 Å². The maximum Gasteiger partial charge on any atom is 0.405 e. The van der Waals surface area contributed by atoms with Crippen LogP contribution in [-0.2, 0) is 9.53 Å². The van der Waals surface area contributed by atoms with Gasteiger partial charge < -0.3 is 15.8 Å². The first kappa shape index (κ1) is 13.7. The molecule has 2 amide bonds. The van der Waals surface area contributed by atoms with Crippen LogP contribution in [0.4, 0.5) is 4.79 Å². The normalized spacial score (nSPS) is 26.6. The van der Waals surface area contributed by atoms with Gasteiger partial charge in [0.2, 0.25) is 0 Å². The van der Waals surface area contributed by atoms with Crippen molar-refractivity contribution < 1.29 is 14.3 Å². The second-order valence-corrected chi connectivity index (χ2v) is 5.05. The molecule has 1 fully saturated rings. The van der Waals surface area contributed by atoms with Crippen LogP contribution in [0.1, 0.15) is 24.8 Å². The largest absolute Gasteiger partial charge is 0.436 e. The van der Waals surface area contributed by atoms with Crippen LogP contribution in [0.3, 0.4) is 0 Å². The Morgan fingerprint density at radius 3 is 2.63 bits per heavy atom. The first-order chi connectivity index (χ1) is 8.97. The number of nitrogens with two attached hydrogens (primary N) is 1. The van der Waals surface area contributed by atoms with E-state index in [1.54, 1.807) is 12.1 Å². The van der Waals surface area contributed by atoms with E-state index in [1.165, 1.54) is 0 Å². The monoisotopic (exact) mass is 282 g/mol. The molecule has 1 aliphatic rings. The lowest BCUT2D eigenvalue weighted by Gasteiger charge is -2.34. The van der Waals surface area contributed by atoms with E-state index in [2.05, 4.69) is 5.32 Å². The summed E-state index contributed by atoms with van der Waals surface area (Å²) < 4.78 is 4.83. The smallest absolute Gasteiger partial charge is 0.405 e. The molecule has 5 nitrogen and oxygen atoms in total. The molecule has 1 saturated heterocycles. The van der Waals surface area contributed by atoms with Gasteiger partial charge in [-0.25, -0.2) is 4.79 Å². The fraction of sp³-hybridized carbons (Fsp3) is 0.385. The third kappa shape index (κ3) is 3.17. The van der Waals surface area contributed by atoms with Gasteiger partial charge >= 0.3 is 6.09 Å². The Hall–Kier alpha value is -1.75. The molecule has 0 radical (unpaired) electrons. The summed E-state index contributed by atoms with van der Waals surface area (Å²) in [5, 5.41) is 3.45. The lowest BCUT2D eigenvalue weighted by atomic mass is 9.84. The number of carbonyl (C=O) groups excluding carboxylic acids is 2. The number of ether oxygens (including phenoxy) is 1. The molecule has 1 heterocycles. The van der Waals surface area contributed by atoms with E-state index in [1.807, 2.05) is 19.1 Å². The summed E-state index contributed by atoms with van der Waals surface area (Å²) in [6, 6.07) is 7.36. The van der Waals surface area contributed by atoms with Crippen molar-refractivity contribution >= 4 is 23.6 Å². The number of nitrogens with one attached hydrogen (secondary N) is 1. The van der Waals surface area contributed by atoms with Crippen LogP contribution in [0.25, 0.3) is 0 Å². The van der Waals surface area contributed by atoms with E-state index < -0.39 is 12.2 Å². The van der Waals surface area contributed by atoms with Crippen molar-refractivity contribution in [1.82, 2.24) is 5.32 Å². The number of piperidine rings is 1. The number of hydrogen-bond acceptors (Lipinski definition) is 3. The zero-order valence-electron chi connectivity index (χ0n) is 10.4. The first-order valence-corrected chi connectivity index (χ1v) is 6.37. The van der Waals surface area contributed by atoms with Crippen molar-refractivity contribution in [2.75, 3.05) is 0 Å². The molecule has 0 bridgehead atoms. The van der Waals surface area contributed by atoms with Gasteiger partial charge in [-0.2, -0.15) is 0 Å². The minimum Gasteiger partial charge on any atom is -0.436 e. The number of halogens is 1. The summed E-state index contributed by atoms with van der Waals surface area (Å²) in [6.07, 6.45) is -1.36. The first-order valence-electron chi connectivity index (χ1n) is 5.99. The maximum absolute atomic E-state index is 11.7. The van der Waals surface area contributed by atoms with Crippen LogP contribution < -0.4 is 11.1 Å². The maximum atomic E-state index is 11.7. The van der Waals surface area contributed by atoms with Gasteiger partial charge in [0.05, 0.1) is 0 Å². The number of rotatable bonds is 2. The number of carbonyl (C=O) groups is 2. The Morgan fingerprint density at radius 2 is 2.05 bits per heavy atom. The third-order valence-corrected chi connectivity index (χ3v) is 3.54. The van der Waals surface area contributed by atoms with E-state index in [0.717, 1.165) is 5.56 Å². The lowest BCUT2D eigenvalue weighted by molar-refractivity contribution is -0.133. The van der Waals surface area contributed by atoms with Gasteiger partial charge in [-0.15, -0.1) is 0 Å². The highest BCUT2D eigenvalue weighted by molar-refractivity contribution is 6.30. The molecule has 6 heteroatoms. The molecule has 1 aromatic rings. The van der Waals surface area contributed by atoms with Crippen LogP contribution in [0.2, 0.25) is 5.02 Å². The second-order valence-electron chi connectivity index (χ2n) is 4.62. The summed E-state index contributed by atoms with van der Waals surface area (Å²) in [4.78, 5) is 22.5. The van der Waals surface area contributed by atoms with Crippen LogP contribution >= 0.6 is 11.6 Å². The van der Waals surface area contributed by atoms with E-state index in [4.69, 9.17) is 22.1 Å². The Kier molecular flexibility index (Phi) is 3.95. The molecule has 0 spiro atoms. The average Bonchev–Trinajstić information content (AvgIpc) is 2.33. The number of amides is 2. The van der Waals surface area contributed by atoms with Crippen LogP contribution in [-0.4, -0.2) is 24.1 Å². The molecular weight excluding hydrogens is 268 g/mol. The average molecular weight is 283 g/mol. The van der Waals surface area contributed by atoms with Crippen molar-refractivity contribution in [1.29, 1.82) is 0 Å². The van der Waals surface area contributed by atoms with Gasteiger partial charge in [0.25, 0.3) is 5.91 Å². The Morgan fingerprint density at radius 1 is 1.42 bits per heavy atom. The molecular formula is C13H15ClN2O3. The Bertz CT molecular complexity index is 489. The topological polar surface area (TPSA) is 81.4 Å². The van der Waals surface area contributed by atoms with Crippen molar-refractivity contribution in [3.8, 4) is 0 Å². The third-order valence-electron chi connectivity index (χ3n) is 3.29. The molecule has 2 rings (SSSR count). The van der Waals surface area contributed by atoms with Crippen molar-refractivity contribution in [3.05, 3.63) is 34.9 Å². The van der Waals surface area contributed by atoms with Gasteiger partial charge in [-0.05, 0) is 24.6 Å². The zero-order valence-corrected chi connectivity index (χ0v) is 11.2. The van der Waals surface area contributed by atoms with E-state index in [0.29, 0.717) is 11.4 Å². The van der Waals surface area contributed by atoms with Crippen molar-refractivity contribution in [2.24, 2.45) is 5.73 Å². The molecule has 0 saturated carbocycles. The summed E-state index contributed by atoms with van der Waals surface area (Å²) in [7, 11) is 0. The molecule has 102 valence electrons. The predicted molar refractivity (Wildman–Crippen MR) is 70.9 cm³/mol. The molecule has 19 heavy (non-hydrogen) atoms. The molecule has 3 N–H and O–H groups in total. The lowest BCUT2D eigenvalue weighted by Crippen LogP contribution is -2.51. The Labute approximate surface area is 116 Å². The van der Waals surface area contributed by atoms with E-state index in [9.17, 15) is 9.59 Å². The van der Waals surface area contributed by atoms with E-state index in [-0.39, 0.29) is 17.9 Å². The van der Waals surface area contributed by atoms with Crippen LogP contribution in [0.5, 0.6) is 0 Å². The number of benzene rings is 1. The highest BCUT2D eigenvalue weighted by Gasteiger charge is 2.36. The predicted octanol–water partition coefficient (Wildman–Crippen LogP) is 1.80. The fourth-order valence-electron chi connectivity index (χ4n) is 2.34. The van der Waals surface area contributed by atoms with E-state index >= 15 is 0 Å². The van der Waals surface area contributed by atoms with Crippen molar-refractivity contribution in [2.45, 2.75) is 31.4 Å². The summed E-state index contributed by atoms with van der Waals surface area (Å²) in [5.41, 5.74) is 6.00. The number of hydrogen-bond donors (Lipinski definition) is 2. The highest BCUT2D eigenvalue weighted by Crippen LogP contribution is 2.30. The van der Waals surface area contributed by atoms with Gasteiger partial charge in [-0.3, -0.25) is 4.79 Å². The molecule has 3 unspecified atom stereocenters. The Balaban J connectivity index is 2.17. The summed E-state index contributed by atoms with van der Waals surface area (Å²) in [6.45, 7) is 1.91. The molecule has 3 atom stereocenters. The molecule has 1 aromatic carbocycles. The second kappa shape index (κ2) is 5.48. The van der Waals surface area contributed by atoms with Gasteiger partial charge in [0.15, 0.2) is 6.10 Å². The molecule has 0 aromatic heterocycles. The quantitative estimate of drug-likeness (QED) is 0.868. The molecule has 1 aliphatic heterocycles. The standard InChI is InChI=1S/C13H15ClN2O3/c1-7-10(8-2-4-9(14)5-3-8)6-11(12(17)16-7)19-13(15)18/h2-5,7,10-11H,6H2,1H3,(H2,15,18)(H,16,17). The number of primary amides is 1. The van der Waals surface area contributed by atoms with Crippen LogP contribution in [0, 0.1) is 0 Å². The summed E-state index contributed by atoms with van der Waals surface area (Å²) in [5.74, 6) is -0.254. The minimum absolute atomic E-state index is 0.0404. The summed E-state index contributed by atoms with van der Waals surface area (Å²) >= 11 is 5.85. The van der Waals surface area contributed by atoms with Gasteiger partial charge in [0, 0.05) is 23.4 Å². The zero-order chi connectivity index (χ0) is 14.0. The van der Waals surface area contributed by atoms with Gasteiger partial charge in [-0.1, -0.05) is 23.7 Å².